The van der Waals surface area contributed by atoms with Crippen LogP contribution < -0.4 is 15.4 Å². The van der Waals surface area contributed by atoms with Crippen molar-refractivity contribution in [3.05, 3.63) is 27.7 Å². The normalized spacial score (nSPS) is 10.3. The van der Waals surface area contributed by atoms with Crippen molar-refractivity contribution in [2.24, 2.45) is 5.92 Å². The molecule has 0 aliphatic rings. The Balaban J connectivity index is 2.48. The largest absolute Gasteiger partial charge is 0.494 e. The molecule has 9 heteroatoms. The third-order valence-electron chi connectivity index (χ3n) is 3.03. The Morgan fingerprint density at radius 2 is 1.76 bits per heavy atom. The van der Waals surface area contributed by atoms with E-state index in [0.29, 0.717) is 12.5 Å². The number of methoxy groups -OCH3 is 1. The van der Waals surface area contributed by atoms with Gasteiger partial charge in [0.1, 0.15) is 0 Å². The van der Waals surface area contributed by atoms with Crippen LogP contribution >= 0.6 is 23.2 Å². The molecule has 0 bridgehead atoms. The van der Waals surface area contributed by atoms with Crippen LogP contribution in [0.3, 0.4) is 0 Å². The van der Waals surface area contributed by atoms with Gasteiger partial charge in [-0.25, -0.2) is 9.59 Å². The van der Waals surface area contributed by atoms with Crippen molar-refractivity contribution in [1.29, 1.82) is 0 Å². The molecule has 3 amide bonds. The van der Waals surface area contributed by atoms with Gasteiger partial charge in [0, 0.05) is 6.54 Å². The quantitative estimate of drug-likeness (QED) is 0.697. The molecule has 0 heterocycles. The van der Waals surface area contributed by atoms with Crippen LogP contribution in [-0.4, -0.2) is 38.2 Å². The second-order valence-corrected chi connectivity index (χ2v) is 6.35. The van der Waals surface area contributed by atoms with E-state index in [1.807, 2.05) is 13.8 Å². The van der Waals surface area contributed by atoms with E-state index in [9.17, 15) is 14.4 Å². The molecule has 2 N–H and O–H groups in total. The van der Waals surface area contributed by atoms with Gasteiger partial charge in [-0.1, -0.05) is 37.0 Å². The van der Waals surface area contributed by atoms with Gasteiger partial charge < -0.3 is 14.8 Å². The Labute approximate surface area is 155 Å². The van der Waals surface area contributed by atoms with Crippen LogP contribution in [0.1, 0.15) is 30.6 Å². The van der Waals surface area contributed by atoms with Crippen molar-refractivity contribution < 1.29 is 23.9 Å². The lowest BCUT2D eigenvalue weighted by Gasteiger charge is -2.10. The molecule has 0 saturated carbocycles. The van der Waals surface area contributed by atoms with E-state index in [-0.39, 0.29) is 21.4 Å². The average Bonchev–Trinajstić information content (AvgIpc) is 2.51. The molecule has 0 spiro atoms. The number of hydrogen-bond donors (Lipinski definition) is 2. The van der Waals surface area contributed by atoms with Gasteiger partial charge in [-0.15, -0.1) is 0 Å². The highest BCUT2D eigenvalue weighted by Gasteiger charge is 2.16. The first-order valence-electron chi connectivity index (χ1n) is 7.52. The maximum absolute atomic E-state index is 11.9. The zero-order chi connectivity index (χ0) is 19.0. The van der Waals surface area contributed by atoms with Gasteiger partial charge in [0.2, 0.25) is 0 Å². The predicted octanol–water partition coefficient (Wildman–Crippen LogP) is 3.03. The molecule has 0 fully saturated rings. The van der Waals surface area contributed by atoms with E-state index in [1.54, 1.807) is 0 Å². The number of esters is 1. The molecule has 0 atom stereocenters. The highest BCUT2D eigenvalue weighted by Crippen LogP contribution is 2.33. The number of rotatable bonds is 7. The van der Waals surface area contributed by atoms with Crippen LogP contribution in [-0.2, 0) is 9.53 Å². The number of halogens is 2. The number of carbonyl (C=O) groups is 3. The fraction of sp³-hybridized carbons (Fsp3) is 0.438. The minimum atomic E-state index is -0.804. The molecular formula is C16H20Cl2N2O5. The van der Waals surface area contributed by atoms with Gasteiger partial charge in [0.15, 0.2) is 12.4 Å². The zero-order valence-electron chi connectivity index (χ0n) is 14.2. The number of benzene rings is 1. The summed E-state index contributed by atoms with van der Waals surface area (Å²) in [5, 5.41) is 4.87. The van der Waals surface area contributed by atoms with Crippen molar-refractivity contribution in [3.63, 3.8) is 0 Å². The number of amides is 3. The first kappa shape index (κ1) is 21.1. The Morgan fingerprint density at radius 3 is 2.28 bits per heavy atom. The van der Waals surface area contributed by atoms with Gasteiger partial charge >= 0.3 is 12.0 Å². The number of imide groups is 1. The SMILES string of the molecule is COc1c(Cl)cc(C(=O)OCC(=O)NC(=O)NCCC(C)C)cc1Cl. The molecule has 138 valence electrons. The summed E-state index contributed by atoms with van der Waals surface area (Å²) >= 11 is 11.9. The molecule has 7 nitrogen and oxygen atoms in total. The molecule has 1 aromatic rings. The van der Waals surface area contributed by atoms with E-state index in [0.717, 1.165) is 6.42 Å². The summed E-state index contributed by atoms with van der Waals surface area (Å²) < 4.78 is 9.80. The van der Waals surface area contributed by atoms with E-state index in [2.05, 4.69) is 10.6 Å². The predicted molar refractivity (Wildman–Crippen MR) is 94.3 cm³/mol. The summed E-state index contributed by atoms with van der Waals surface area (Å²) in [6.45, 7) is 3.86. The third kappa shape index (κ3) is 7.19. The van der Waals surface area contributed by atoms with E-state index >= 15 is 0 Å². The van der Waals surface area contributed by atoms with Crippen LogP contribution in [0.2, 0.25) is 10.0 Å². The number of hydrogen-bond acceptors (Lipinski definition) is 5. The Bertz CT molecular complexity index is 626. The highest BCUT2D eigenvalue weighted by molar-refractivity contribution is 6.37. The van der Waals surface area contributed by atoms with Crippen LogP contribution in [0.25, 0.3) is 0 Å². The Hall–Kier alpha value is -1.99. The van der Waals surface area contributed by atoms with Crippen molar-refractivity contribution in [2.45, 2.75) is 20.3 Å². The number of ether oxygens (including phenoxy) is 2. The van der Waals surface area contributed by atoms with Crippen molar-refractivity contribution in [3.8, 4) is 5.75 Å². The smallest absolute Gasteiger partial charge is 0.338 e. The summed E-state index contributed by atoms with van der Waals surface area (Å²) in [5.41, 5.74) is 0.0602. The second kappa shape index (κ2) is 10.1. The first-order chi connectivity index (χ1) is 11.7. The topological polar surface area (TPSA) is 93.7 Å². The van der Waals surface area contributed by atoms with Gasteiger partial charge in [0.05, 0.1) is 22.7 Å². The molecule has 0 aliphatic carbocycles. The number of carbonyl (C=O) groups excluding carboxylic acids is 3. The van der Waals surface area contributed by atoms with Crippen LogP contribution in [0.5, 0.6) is 5.75 Å². The summed E-state index contributed by atoms with van der Waals surface area (Å²) in [6, 6.07) is 1.98. The maximum atomic E-state index is 11.9. The summed E-state index contributed by atoms with van der Waals surface area (Å²) in [4.78, 5) is 35.0. The summed E-state index contributed by atoms with van der Waals surface area (Å²) in [6.07, 6.45) is 0.787. The molecular weight excluding hydrogens is 371 g/mol. The maximum Gasteiger partial charge on any atom is 0.338 e. The van der Waals surface area contributed by atoms with Crippen LogP contribution in [0, 0.1) is 5.92 Å². The molecule has 25 heavy (non-hydrogen) atoms. The molecule has 1 rings (SSSR count). The molecule has 0 aromatic heterocycles. The lowest BCUT2D eigenvalue weighted by Crippen LogP contribution is -2.41. The minimum Gasteiger partial charge on any atom is -0.494 e. The van der Waals surface area contributed by atoms with E-state index in [1.165, 1.54) is 19.2 Å². The highest BCUT2D eigenvalue weighted by atomic mass is 35.5. The van der Waals surface area contributed by atoms with Gasteiger partial charge in [-0.3, -0.25) is 10.1 Å². The second-order valence-electron chi connectivity index (χ2n) is 5.54. The van der Waals surface area contributed by atoms with Gasteiger partial charge in [0.25, 0.3) is 5.91 Å². The fourth-order valence-electron chi connectivity index (χ4n) is 1.77. The number of nitrogens with one attached hydrogen (secondary N) is 2. The van der Waals surface area contributed by atoms with Gasteiger partial charge in [-0.2, -0.15) is 0 Å². The monoisotopic (exact) mass is 390 g/mol. The summed E-state index contributed by atoms with van der Waals surface area (Å²) in [7, 11) is 1.39. The van der Waals surface area contributed by atoms with E-state index in [4.69, 9.17) is 32.7 Å². The van der Waals surface area contributed by atoms with Gasteiger partial charge in [-0.05, 0) is 24.5 Å². The lowest BCUT2D eigenvalue weighted by molar-refractivity contribution is -0.123. The fourth-order valence-corrected chi connectivity index (χ4v) is 2.41. The van der Waals surface area contributed by atoms with Crippen molar-refractivity contribution >= 4 is 41.1 Å². The Morgan fingerprint density at radius 1 is 1.16 bits per heavy atom. The molecule has 0 saturated heterocycles. The van der Waals surface area contributed by atoms with E-state index < -0.39 is 24.5 Å². The van der Waals surface area contributed by atoms with Crippen LogP contribution in [0.4, 0.5) is 4.79 Å². The zero-order valence-corrected chi connectivity index (χ0v) is 15.7. The molecule has 0 unspecified atom stereocenters. The van der Waals surface area contributed by atoms with Crippen molar-refractivity contribution in [2.75, 3.05) is 20.3 Å². The Kier molecular flexibility index (Phi) is 8.51. The standard InChI is InChI=1S/C16H20Cl2N2O5/c1-9(2)4-5-19-16(23)20-13(21)8-25-15(22)10-6-11(17)14(24-3)12(18)7-10/h6-7,9H,4-5,8H2,1-3H3,(H2,19,20,21,23). The third-order valence-corrected chi connectivity index (χ3v) is 3.59. The van der Waals surface area contributed by atoms with Crippen molar-refractivity contribution in [1.82, 2.24) is 10.6 Å². The molecule has 1 aromatic carbocycles. The van der Waals surface area contributed by atoms with Crippen LogP contribution in [0.15, 0.2) is 12.1 Å². The minimum absolute atomic E-state index is 0.0602. The molecule has 0 aliphatic heterocycles. The average molecular weight is 391 g/mol. The number of urea groups is 1. The first-order valence-corrected chi connectivity index (χ1v) is 8.28. The lowest BCUT2D eigenvalue weighted by atomic mass is 10.1. The summed E-state index contributed by atoms with van der Waals surface area (Å²) in [5.74, 6) is -0.890. The molecule has 0 radical (unpaired) electrons.